The maximum absolute atomic E-state index is 11.2. The molecule has 1 heterocycles. The Morgan fingerprint density at radius 1 is 1.22 bits per heavy atom. The second-order valence-electron chi connectivity index (χ2n) is 5.05. The topological polar surface area (TPSA) is 29.5 Å². The van der Waals surface area contributed by atoms with Gasteiger partial charge in [-0.25, -0.2) is 0 Å². The van der Waals surface area contributed by atoms with Crippen LogP contribution >= 0.6 is 0 Å². The van der Waals surface area contributed by atoms with Crippen LogP contribution in [0.25, 0.3) is 0 Å². The van der Waals surface area contributed by atoms with Crippen molar-refractivity contribution in [1.29, 1.82) is 0 Å². The lowest BCUT2D eigenvalue weighted by atomic mass is 10.1. The maximum atomic E-state index is 11.2. The van der Waals surface area contributed by atoms with E-state index in [1.54, 1.807) is 6.92 Å². The van der Waals surface area contributed by atoms with E-state index in [4.69, 9.17) is 4.74 Å². The number of Topliss-reactive ketones (excluding diaryl/α,β-unsaturated/α-hetero) is 1. The summed E-state index contributed by atoms with van der Waals surface area (Å²) in [6, 6.07) is 7.46. The van der Waals surface area contributed by atoms with E-state index in [2.05, 4.69) is 11.9 Å². The minimum absolute atomic E-state index is 0.0950. The van der Waals surface area contributed by atoms with E-state index in [1.807, 2.05) is 24.3 Å². The molecule has 3 nitrogen and oxygen atoms in total. The molecular formula is C15H21NO2. The molecule has 0 N–H and O–H groups in total. The molecule has 1 aliphatic heterocycles. The van der Waals surface area contributed by atoms with Gasteiger partial charge in [-0.3, -0.25) is 4.79 Å². The molecule has 1 saturated heterocycles. The summed E-state index contributed by atoms with van der Waals surface area (Å²) in [5, 5.41) is 0. The van der Waals surface area contributed by atoms with Gasteiger partial charge in [0.05, 0.1) is 6.10 Å². The van der Waals surface area contributed by atoms with Crippen molar-refractivity contribution in [3.63, 3.8) is 0 Å². The third-order valence-corrected chi connectivity index (χ3v) is 3.46. The van der Waals surface area contributed by atoms with Crippen LogP contribution in [0.4, 0.5) is 0 Å². The molecule has 1 aliphatic rings. The Balaban J connectivity index is 1.94. The molecule has 0 amide bonds. The summed E-state index contributed by atoms with van der Waals surface area (Å²) < 4.78 is 5.98. The first kappa shape index (κ1) is 13.1. The predicted octanol–water partition coefficient (Wildman–Crippen LogP) is 2.75. The molecule has 2 rings (SSSR count). The monoisotopic (exact) mass is 247 g/mol. The van der Waals surface area contributed by atoms with Crippen molar-refractivity contribution >= 4 is 5.78 Å². The Morgan fingerprint density at radius 2 is 1.94 bits per heavy atom. The van der Waals surface area contributed by atoms with Crippen LogP contribution in [0, 0.1) is 0 Å². The van der Waals surface area contributed by atoms with Crippen LogP contribution in [0.15, 0.2) is 24.3 Å². The summed E-state index contributed by atoms with van der Waals surface area (Å²) in [5.74, 6) is 0.965. The molecule has 1 fully saturated rings. The smallest absolute Gasteiger partial charge is 0.159 e. The molecule has 3 heteroatoms. The molecule has 0 radical (unpaired) electrons. The summed E-state index contributed by atoms with van der Waals surface area (Å²) >= 11 is 0. The highest BCUT2D eigenvalue weighted by atomic mass is 16.5. The van der Waals surface area contributed by atoms with Gasteiger partial charge >= 0.3 is 0 Å². The van der Waals surface area contributed by atoms with Crippen LogP contribution in [0.1, 0.15) is 36.5 Å². The summed E-state index contributed by atoms with van der Waals surface area (Å²) in [6.45, 7) is 3.83. The number of hydrogen-bond acceptors (Lipinski definition) is 3. The van der Waals surface area contributed by atoms with Gasteiger partial charge < -0.3 is 9.64 Å². The van der Waals surface area contributed by atoms with Gasteiger partial charge in [0.2, 0.25) is 0 Å². The highest BCUT2D eigenvalue weighted by molar-refractivity contribution is 5.94. The van der Waals surface area contributed by atoms with E-state index < -0.39 is 0 Å². The van der Waals surface area contributed by atoms with Crippen molar-refractivity contribution < 1.29 is 9.53 Å². The maximum Gasteiger partial charge on any atom is 0.159 e. The molecule has 0 aliphatic carbocycles. The zero-order valence-electron chi connectivity index (χ0n) is 11.2. The number of carbonyl (C=O) groups is 1. The van der Waals surface area contributed by atoms with Gasteiger partial charge in [-0.1, -0.05) is 0 Å². The molecule has 18 heavy (non-hydrogen) atoms. The molecule has 1 atom stereocenters. The SMILES string of the molecule is CC(=O)c1ccc(OC2CCCN(C)CC2)cc1. The zero-order chi connectivity index (χ0) is 13.0. The number of rotatable bonds is 3. The van der Waals surface area contributed by atoms with Crippen LogP contribution in [-0.4, -0.2) is 36.9 Å². The molecule has 1 aromatic carbocycles. The lowest BCUT2D eigenvalue weighted by molar-refractivity contribution is 0.101. The predicted molar refractivity (Wildman–Crippen MR) is 72.2 cm³/mol. The third kappa shape index (κ3) is 3.57. The van der Waals surface area contributed by atoms with Crippen LogP contribution < -0.4 is 4.74 Å². The molecule has 0 aromatic heterocycles. The average Bonchev–Trinajstić information content (AvgIpc) is 2.55. The Hall–Kier alpha value is -1.35. The lowest BCUT2D eigenvalue weighted by Crippen LogP contribution is -2.21. The van der Waals surface area contributed by atoms with Gasteiger partial charge in [0.25, 0.3) is 0 Å². The standard InChI is InChI=1S/C15H21NO2/c1-12(17)13-5-7-15(8-6-13)18-14-4-3-10-16(2)11-9-14/h5-8,14H,3-4,9-11H2,1-2H3. The van der Waals surface area contributed by atoms with E-state index >= 15 is 0 Å². The van der Waals surface area contributed by atoms with Crippen molar-refractivity contribution in [1.82, 2.24) is 4.90 Å². The van der Waals surface area contributed by atoms with Gasteiger partial charge in [0.15, 0.2) is 5.78 Å². The number of ether oxygens (including phenoxy) is 1. The summed E-state index contributed by atoms with van der Waals surface area (Å²) in [7, 11) is 2.16. The number of carbonyl (C=O) groups excluding carboxylic acids is 1. The van der Waals surface area contributed by atoms with Crippen molar-refractivity contribution in [2.75, 3.05) is 20.1 Å². The highest BCUT2D eigenvalue weighted by Gasteiger charge is 2.16. The first-order chi connectivity index (χ1) is 8.65. The zero-order valence-corrected chi connectivity index (χ0v) is 11.2. The minimum atomic E-state index is 0.0950. The van der Waals surface area contributed by atoms with Gasteiger partial charge in [0.1, 0.15) is 5.75 Å². The molecule has 0 saturated carbocycles. The van der Waals surface area contributed by atoms with Crippen LogP contribution in [0.3, 0.4) is 0 Å². The second-order valence-corrected chi connectivity index (χ2v) is 5.05. The number of hydrogen-bond donors (Lipinski definition) is 0. The van der Waals surface area contributed by atoms with Crippen molar-refractivity contribution in [2.45, 2.75) is 32.3 Å². The normalized spacial score (nSPS) is 21.3. The van der Waals surface area contributed by atoms with Gasteiger partial charge in [-0.15, -0.1) is 0 Å². The van der Waals surface area contributed by atoms with Crippen LogP contribution in [0.5, 0.6) is 5.75 Å². The van der Waals surface area contributed by atoms with E-state index in [0.717, 1.165) is 37.2 Å². The quantitative estimate of drug-likeness (QED) is 0.769. The van der Waals surface area contributed by atoms with E-state index in [0.29, 0.717) is 6.10 Å². The van der Waals surface area contributed by atoms with Gasteiger partial charge in [0, 0.05) is 12.1 Å². The molecule has 98 valence electrons. The van der Waals surface area contributed by atoms with E-state index in [9.17, 15) is 4.79 Å². The fourth-order valence-electron chi connectivity index (χ4n) is 2.29. The fourth-order valence-corrected chi connectivity index (χ4v) is 2.29. The van der Waals surface area contributed by atoms with Gasteiger partial charge in [-0.2, -0.15) is 0 Å². The second kappa shape index (κ2) is 6.01. The summed E-state index contributed by atoms with van der Waals surface area (Å²) in [5.41, 5.74) is 0.739. The third-order valence-electron chi connectivity index (χ3n) is 3.46. The van der Waals surface area contributed by atoms with Crippen molar-refractivity contribution in [3.05, 3.63) is 29.8 Å². The first-order valence-corrected chi connectivity index (χ1v) is 6.61. The fraction of sp³-hybridized carbons (Fsp3) is 0.533. The van der Waals surface area contributed by atoms with E-state index in [1.165, 1.54) is 6.42 Å². The number of nitrogens with zero attached hydrogens (tertiary/aromatic N) is 1. The van der Waals surface area contributed by atoms with Crippen molar-refractivity contribution in [3.8, 4) is 5.75 Å². The first-order valence-electron chi connectivity index (χ1n) is 6.61. The van der Waals surface area contributed by atoms with E-state index in [-0.39, 0.29) is 5.78 Å². The Labute approximate surface area is 109 Å². The minimum Gasteiger partial charge on any atom is -0.490 e. The Kier molecular flexibility index (Phi) is 4.37. The van der Waals surface area contributed by atoms with Crippen molar-refractivity contribution in [2.24, 2.45) is 0 Å². The van der Waals surface area contributed by atoms with Crippen LogP contribution in [0.2, 0.25) is 0 Å². The number of likely N-dealkylation sites (tertiary alicyclic amines) is 1. The largest absolute Gasteiger partial charge is 0.490 e. The Morgan fingerprint density at radius 3 is 2.61 bits per heavy atom. The highest BCUT2D eigenvalue weighted by Crippen LogP contribution is 2.19. The molecule has 0 bridgehead atoms. The number of benzene rings is 1. The number of ketones is 1. The van der Waals surface area contributed by atoms with Crippen LogP contribution in [-0.2, 0) is 0 Å². The molecule has 1 unspecified atom stereocenters. The molecular weight excluding hydrogens is 226 g/mol. The summed E-state index contributed by atoms with van der Waals surface area (Å²) in [6.07, 6.45) is 3.68. The lowest BCUT2D eigenvalue weighted by Gasteiger charge is -2.17. The average molecular weight is 247 g/mol. The molecule has 1 aromatic rings. The summed E-state index contributed by atoms with van der Waals surface area (Å²) in [4.78, 5) is 13.5. The Bertz CT molecular complexity index is 399. The van der Waals surface area contributed by atoms with Gasteiger partial charge in [-0.05, 0) is 64.0 Å². The molecule has 0 spiro atoms.